The van der Waals surface area contributed by atoms with Crippen molar-refractivity contribution in [3.63, 3.8) is 0 Å². The molecule has 2 aliphatic rings. The number of piperidine rings is 1. The Bertz CT molecular complexity index is 782. The van der Waals surface area contributed by atoms with Crippen molar-refractivity contribution in [3.05, 3.63) is 65.2 Å². The molecule has 1 fully saturated rings. The first kappa shape index (κ1) is 19.2. The first-order valence-electron chi connectivity index (χ1n) is 10.6. The number of ether oxygens (including phenoxy) is 1. The van der Waals surface area contributed by atoms with Crippen LogP contribution >= 0.6 is 0 Å². The molecule has 0 radical (unpaired) electrons. The number of hydrogen-bond donors (Lipinski definition) is 1. The smallest absolute Gasteiger partial charge is 0.225 e. The maximum atomic E-state index is 12.3. The van der Waals surface area contributed by atoms with Crippen LogP contribution in [0.2, 0.25) is 0 Å². The normalized spacial score (nSPS) is 17.4. The largest absolute Gasteiger partial charge is 0.373 e. The first-order valence-corrected chi connectivity index (χ1v) is 10.6. The number of amides is 1. The second-order valence-corrected chi connectivity index (χ2v) is 7.97. The number of carbonyl (C=O) groups excluding carboxylic acids is 1. The number of likely N-dealkylation sites (tertiary alicyclic amines) is 1. The van der Waals surface area contributed by atoms with Gasteiger partial charge < -0.3 is 15.0 Å². The van der Waals surface area contributed by atoms with Crippen LogP contribution in [0.1, 0.15) is 42.4 Å². The topological polar surface area (TPSA) is 41.6 Å². The first-order chi connectivity index (χ1) is 13.8. The summed E-state index contributed by atoms with van der Waals surface area (Å²) in [5.41, 5.74) is 5.01. The van der Waals surface area contributed by atoms with Gasteiger partial charge in [0.25, 0.3) is 0 Å². The van der Waals surface area contributed by atoms with Gasteiger partial charge in [-0.1, -0.05) is 36.4 Å². The highest BCUT2D eigenvalue weighted by Crippen LogP contribution is 2.25. The molecule has 1 aliphatic heterocycles. The molecule has 0 spiro atoms. The Morgan fingerprint density at radius 2 is 1.82 bits per heavy atom. The van der Waals surface area contributed by atoms with Crippen LogP contribution in [0, 0.1) is 0 Å². The maximum absolute atomic E-state index is 12.3. The van der Waals surface area contributed by atoms with E-state index in [1.807, 2.05) is 12.1 Å². The van der Waals surface area contributed by atoms with Gasteiger partial charge in [-0.05, 0) is 60.9 Å². The minimum absolute atomic E-state index is 0.111. The van der Waals surface area contributed by atoms with Crippen LogP contribution in [0.25, 0.3) is 0 Å². The third-order valence-electron chi connectivity index (χ3n) is 5.90. The molecule has 4 heteroatoms. The summed E-state index contributed by atoms with van der Waals surface area (Å²) in [4.78, 5) is 14.7. The summed E-state index contributed by atoms with van der Waals surface area (Å²) in [6.07, 6.45) is 6.51. The zero-order valence-electron chi connectivity index (χ0n) is 16.5. The van der Waals surface area contributed by atoms with Gasteiger partial charge in [0, 0.05) is 31.7 Å². The van der Waals surface area contributed by atoms with Gasteiger partial charge in [-0.15, -0.1) is 0 Å². The standard InChI is InChI=1S/C24H30N2O2/c27-24(25-22-10-9-20-7-4-8-21(20)17-22)13-16-26-14-11-23(12-15-26)28-18-19-5-2-1-3-6-19/h1-3,5-6,9-10,17,23H,4,7-8,11-16,18H2,(H,25,27). The van der Waals surface area contributed by atoms with Crippen LogP contribution in [-0.4, -0.2) is 36.5 Å². The fourth-order valence-corrected chi connectivity index (χ4v) is 4.22. The minimum atomic E-state index is 0.111. The van der Waals surface area contributed by atoms with Crippen LogP contribution in [-0.2, 0) is 29.0 Å². The van der Waals surface area contributed by atoms with E-state index in [1.165, 1.54) is 29.5 Å². The molecule has 0 bridgehead atoms. The van der Waals surface area contributed by atoms with E-state index in [9.17, 15) is 4.79 Å². The monoisotopic (exact) mass is 378 g/mol. The fraction of sp³-hybridized carbons (Fsp3) is 0.458. The van der Waals surface area contributed by atoms with Crippen molar-refractivity contribution in [1.82, 2.24) is 4.90 Å². The predicted octanol–water partition coefficient (Wildman–Crippen LogP) is 4.19. The van der Waals surface area contributed by atoms with Gasteiger partial charge in [0.15, 0.2) is 0 Å². The lowest BCUT2D eigenvalue weighted by Gasteiger charge is -2.31. The minimum Gasteiger partial charge on any atom is -0.373 e. The van der Waals surface area contributed by atoms with Gasteiger partial charge in [0.05, 0.1) is 12.7 Å². The Kier molecular flexibility index (Phi) is 6.40. The summed E-state index contributed by atoms with van der Waals surface area (Å²) in [7, 11) is 0. The van der Waals surface area contributed by atoms with E-state index in [-0.39, 0.29) is 5.91 Å². The molecule has 4 rings (SSSR count). The lowest BCUT2D eigenvalue weighted by Crippen LogP contribution is -2.38. The summed E-state index contributed by atoms with van der Waals surface area (Å²) in [6, 6.07) is 16.7. The van der Waals surface area contributed by atoms with Gasteiger partial charge in [0.1, 0.15) is 0 Å². The third kappa shape index (κ3) is 5.21. The number of anilines is 1. The second-order valence-electron chi connectivity index (χ2n) is 7.97. The molecule has 2 aromatic carbocycles. The average molecular weight is 379 g/mol. The molecule has 1 N–H and O–H groups in total. The lowest BCUT2D eigenvalue weighted by atomic mass is 10.1. The second kappa shape index (κ2) is 9.35. The molecule has 1 heterocycles. The van der Waals surface area contributed by atoms with E-state index >= 15 is 0 Å². The molecule has 1 aliphatic carbocycles. The van der Waals surface area contributed by atoms with E-state index in [0.29, 0.717) is 19.1 Å². The zero-order chi connectivity index (χ0) is 19.2. The quantitative estimate of drug-likeness (QED) is 0.786. The molecule has 28 heavy (non-hydrogen) atoms. The maximum Gasteiger partial charge on any atom is 0.225 e. The Morgan fingerprint density at radius 1 is 1.04 bits per heavy atom. The lowest BCUT2D eigenvalue weighted by molar-refractivity contribution is -0.116. The molecule has 2 aromatic rings. The summed E-state index contributed by atoms with van der Waals surface area (Å²) in [5, 5.41) is 3.07. The van der Waals surface area contributed by atoms with Gasteiger partial charge >= 0.3 is 0 Å². The SMILES string of the molecule is O=C(CCN1CCC(OCc2ccccc2)CC1)Nc1ccc2c(c1)CCC2. The van der Waals surface area contributed by atoms with Crippen molar-refractivity contribution in [2.45, 2.75) is 51.2 Å². The molecule has 0 aromatic heterocycles. The average Bonchev–Trinajstić information content (AvgIpc) is 3.20. The number of benzene rings is 2. The molecule has 0 saturated carbocycles. The summed E-state index contributed by atoms with van der Waals surface area (Å²) < 4.78 is 6.05. The number of rotatable bonds is 7. The van der Waals surface area contributed by atoms with Crippen molar-refractivity contribution in [1.29, 1.82) is 0 Å². The highest BCUT2D eigenvalue weighted by molar-refractivity contribution is 5.91. The summed E-state index contributed by atoms with van der Waals surface area (Å²) in [5.74, 6) is 0.111. The Labute approximate surface area is 167 Å². The van der Waals surface area contributed by atoms with Gasteiger partial charge in [-0.25, -0.2) is 0 Å². The molecular formula is C24H30N2O2. The van der Waals surface area contributed by atoms with E-state index in [4.69, 9.17) is 4.74 Å². The Morgan fingerprint density at radius 3 is 2.64 bits per heavy atom. The van der Waals surface area contributed by atoms with E-state index in [2.05, 4.69) is 46.6 Å². The Hall–Kier alpha value is -2.17. The van der Waals surface area contributed by atoms with Crippen molar-refractivity contribution < 1.29 is 9.53 Å². The molecule has 148 valence electrons. The number of hydrogen-bond acceptors (Lipinski definition) is 3. The number of carbonyl (C=O) groups is 1. The number of nitrogens with one attached hydrogen (secondary N) is 1. The molecule has 0 atom stereocenters. The van der Waals surface area contributed by atoms with Crippen molar-refractivity contribution >= 4 is 11.6 Å². The van der Waals surface area contributed by atoms with E-state index in [0.717, 1.165) is 44.6 Å². The molecular weight excluding hydrogens is 348 g/mol. The molecule has 0 unspecified atom stereocenters. The Balaban J connectivity index is 1.14. The third-order valence-corrected chi connectivity index (χ3v) is 5.90. The van der Waals surface area contributed by atoms with Gasteiger partial charge in [-0.3, -0.25) is 4.79 Å². The van der Waals surface area contributed by atoms with Crippen molar-refractivity contribution in [2.24, 2.45) is 0 Å². The predicted molar refractivity (Wildman–Crippen MR) is 112 cm³/mol. The summed E-state index contributed by atoms with van der Waals surface area (Å²) >= 11 is 0. The summed E-state index contributed by atoms with van der Waals surface area (Å²) in [6.45, 7) is 3.52. The van der Waals surface area contributed by atoms with Crippen molar-refractivity contribution in [2.75, 3.05) is 25.0 Å². The fourth-order valence-electron chi connectivity index (χ4n) is 4.22. The zero-order valence-corrected chi connectivity index (χ0v) is 16.5. The van der Waals surface area contributed by atoms with Crippen LogP contribution < -0.4 is 5.32 Å². The van der Waals surface area contributed by atoms with Crippen LogP contribution in [0.3, 0.4) is 0 Å². The highest BCUT2D eigenvalue weighted by Gasteiger charge is 2.20. The van der Waals surface area contributed by atoms with E-state index < -0.39 is 0 Å². The van der Waals surface area contributed by atoms with E-state index in [1.54, 1.807) is 0 Å². The molecule has 1 amide bonds. The van der Waals surface area contributed by atoms with Crippen LogP contribution in [0.15, 0.2) is 48.5 Å². The van der Waals surface area contributed by atoms with Crippen LogP contribution in [0.5, 0.6) is 0 Å². The molecule has 4 nitrogen and oxygen atoms in total. The van der Waals surface area contributed by atoms with Crippen LogP contribution in [0.4, 0.5) is 5.69 Å². The highest BCUT2D eigenvalue weighted by atomic mass is 16.5. The molecule has 1 saturated heterocycles. The number of nitrogens with zero attached hydrogens (tertiary/aromatic N) is 1. The van der Waals surface area contributed by atoms with Gasteiger partial charge in [0.2, 0.25) is 5.91 Å². The van der Waals surface area contributed by atoms with Gasteiger partial charge in [-0.2, -0.15) is 0 Å². The van der Waals surface area contributed by atoms with Crippen molar-refractivity contribution in [3.8, 4) is 0 Å². The number of fused-ring (bicyclic) bond motifs is 1. The number of aryl methyl sites for hydroxylation is 2.